The molecule has 3 fully saturated rings. The molecule has 3 rings (SSSR count). The molecular weight excluding hydrogens is 214 g/mol. The predicted molar refractivity (Wildman–Crippen MR) is 84.5 cm³/mol. The molecule has 0 aromatic carbocycles. The zero-order valence-corrected chi connectivity index (χ0v) is 12.8. The zero-order valence-electron chi connectivity index (χ0n) is 12.8. The first-order chi connectivity index (χ1) is 8.57. The Labute approximate surface area is 115 Å². The molecule has 3 saturated carbocycles. The molecule has 0 bridgehead atoms. The second kappa shape index (κ2) is 4.91. The van der Waals surface area contributed by atoms with Crippen LogP contribution in [0.25, 0.3) is 0 Å². The summed E-state index contributed by atoms with van der Waals surface area (Å²) in [6.45, 7) is 2.53. The summed E-state index contributed by atoms with van der Waals surface area (Å²) in [4.78, 5) is 0. The van der Waals surface area contributed by atoms with Gasteiger partial charge in [-0.05, 0) is 48.9 Å². The van der Waals surface area contributed by atoms with E-state index < -0.39 is 0 Å². The van der Waals surface area contributed by atoms with E-state index in [0.29, 0.717) is 5.21 Å². The molecule has 0 radical (unpaired) electrons. The standard InChI is InChI=1S/C16H30B2/c1-16(17,18)15-13-8-4-2-6-11(13)10-12-7-3-5-9-14(12)15/h11-15H,2-10,17-18H2,1H3. The van der Waals surface area contributed by atoms with Gasteiger partial charge in [0, 0.05) is 0 Å². The second-order valence-electron chi connectivity index (χ2n) is 8.54. The predicted octanol–water partition coefficient (Wildman–Crippen LogP) is 3.02. The number of fused-ring (bicyclic) bond motifs is 2. The molecule has 3 aliphatic carbocycles. The summed E-state index contributed by atoms with van der Waals surface area (Å²) in [6.07, 6.45) is 13.9. The monoisotopic (exact) mass is 244 g/mol. The van der Waals surface area contributed by atoms with Crippen LogP contribution in [-0.2, 0) is 0 Å². The van der Waals surface area contributed by atoms with Gasteiger partial charge in [-0.2, -0.15) is 0 Å². The Balaban J connectivity index is 1.87. The van der Waals surface area contributed by atoms with Crippen LogP contribution in [0.15, 0.2) is 0 Å². The van der Waals surface area contributed by atoms with Gasteiger partial charge in [0.25, 0.3) is 0 Å². The lowest BCUT2D eigenvalue weighted by atomic mass is 9.39. The highest BCUT2D eigenvalue weighted by Gasteiger charge is 2.49. The van der Waals surface area contributed by atoms with Gasteiger partial charge in [-0.1, -0.05) is 50.7 Å². The lowest BCUT2D eigenvalue weighted by Crippen LogP contribution is -2.47. The highest BCUT2D eigenvalue weighted by molar-refractivity contribution is 6.39. The highest BCUT2D eigenvalue weighted by Crippen LogP contribution is 2.58. The molecule has 0 aliphatic heterocycles. The normalized spacial score (nSPS) is 45.1. The van der Waals surface area contributed by atoms with Crippen molar-refractivity contribution >= 4 is 15.7 Å². The topological polar surface area (TPSA) is 0 Å². The average Bonchev–Trinajstić information content (AvgIpc) is 2.34. The van der Waals surface area contributed by atoms with Crippen LogP contribution in [0.5, 0.6) is 0 Å². The van der Waals surface area contributed by atoms with E-state index in [1.165, 1.54) is 25.7 Å². The largest absolute Gasteiger partial charge is 0.0992 e. The SMILES string of the molecule is BC(B)(C)C1C2CCCCC2CC2CCCCC21. The molecule has 18 heavy (non-hydrogen) atoms. The van der Waals surface area contributed by atoms with Crippen LogP contribution in [0.2, 0.25) is 5.21 Å². The number of rotatable bonds is 1. The molecule has 0 aromatic rings. The third kappa shape index (κ3) is 2.29. The molecule has 0 nitrogen and oxygen atoms in total. The Hall–Kier alpha value is 0.130. The summed E-state index contributed by atoms with van der Waals surface area (Å²) >= 11 is 0. The maximum Gasteiger partial charge on any atom is 0.0992 e. The number of hydrogen-bond donors (Lipinski definition) is 0. The van der Waals surface area contributed by atoms with Gasteiger partial charge in [0.15, 0.2) is 0 Å². The molecular formula is C16H30B2. The molecule has 0 amide bonds. The first kappa shape index (κ1) is 13.1. The van der Waals surface area contributed by atoms with Crippen LogP contribution >= 0.6 is 0 Å². The van der Waals surface area contributed by atoms with Crippen molar-refractivity contribution in [3.63, 3.8) is 0 Å². The molecule has 3 aliphatic rings. The lowest BCUT2D eigenvalue weighted by molar-refractivity contribution is -0.0184. The fraction of sp³-hybridized carbons (Fsp3) is 1.00. The van der Waals surface area contributed by atoms with Crippen molar-refractivity contribution in [1.82, 2.24) is 0 Å². The van der Waals surface area contributed by atoms with Crippen molar-refractivity contribution in [2.24, 2.45) is 29.6 Å². The van der Waals surface area contributed by atoms with Gasteiger partial charge in [-0.15, -0.1) is 0 Å². The first-order valence-electron chi connectivity index (χ1n) is 8.57. The summed E-state index contributed by atoms with van der Waals surface area (Å²) in [5.41, 5.74) is 0. The highest BCUT2D eigenvalue weighted by atomic mass is 14.5. The van der Waals surface area contributed by atoms with Crippen LogP contribution in [0.3, 0.4) is 0 Å². The van der Waals surface area contributed by atoms with Crippen molar-refractivity contribution in [2.75, 3.05) is 0 Å². The molecule has 0 N–H and O–H groups in total. The van der Waals surface area contributed by atoms with E-state index in [2.05, 4.69) is 22.6 Å². The molecule has 2 heteroatoms. The fourth-order valence-corrected chi connectivity index (χ4v) is 5.99. The van der Waals surface area contributed by atoms with Gasteiger partial charge < -0.3 is 0 Å². The van der Waals surface area contributed by atoms with Crippen molar-refractivity contribution in [2.45, 2.75) is 69.9 Å². The maximum absolute atomic E-state index is 2.53. The lowest BCUT2D eigenvalue weighted by Gasteiger charge is -2.56. The van der Waals surface area contributed by atoms with E-state index in [-0.39, 0.29) is 0 Å². The smallest absolute Gasteiger partial charge is 0.0839 e. The van der Waals surface area contributed by atoms with E-state index in [1.54, 1.807) is 32.1 Å². The average molecular weight is 244 g/mol. The molecule has 4 atom stereocenters. The van der Waals surface area contributed by atoms with Crippen LogP contribution in [0.1, 0.15) is 64.7 Å². The summed E-state index contributed by atoms with van der Waals surface area (Å²) in [6, 6.07) is 0. The van der Waals surface area contributed by atoms with Crippen LogP contribution < -0.4 is 0 Å². The van der Waals surface area contributed by atoms with Crippen molar-refractivity contribution in [1.29, 1.82) is 0 Å². The van der Waals surface area contributed by atoms with E-state index >= 15 is 0 Å². The van der Waals surface area contributed by atoms with Gasteiger partial charge in [0.05, 0.1) is 15.7 Å². The minimum absolute atomic E-state index is 0.543. The number of hydrogen-bond acceptors (Lipinski definition) is 0. The third-order valence-electron chi connectivity index (χ3n) is 6.46. The molecule has 0 spiro atoms. The van der Waals surface area contributed by atoms with Gasteiger partial charge >= 0.3 is 0 Å². The fourth-order valence-electron chi connectivity index (χ4n) is 5.99. The van der Waals surface area contributed by atoms with Crippen molar-refractivity contribution < 1.29 is 0 Å². The Morgan fingerprint density at radius 3 is 1.67 bits per heavy atom. The van der Waals surface area contributed by atoms with Crippen LogP contribution in [0.4, 0.5) is 0 Å². The Morgan fingerprint density at radius 1 is 0.778 bits per heavy atom. The van der Waals surface area contributed by atoms with Crippen molar-refractivity contribution in [3.8, 4) is 0 Å². The van der Waals surface area contributed by atoms with Crippen LogP contribution in [-0.4, -0.2) is 15.7 Å². The molecule has 4 unspecified atom stereocenters. The maximum atomic E-state index is 2.53. The van der Waals surface area contributed by atoms with E-state index in [1.807, 2.05) is 0 Å². The molecule has 0 heterocycles. The van der Waals surface area contributed by atoms with Gasteiger partial charge in [0.2, 0.25) is 0 Å². The minimum atomic E-state index is 0.543. The van der Waals surface area contributed by atoms with Gasteiger partial charge in [0.1, 0.15) is 0 Å². The summed E-state index contributed by atoms with van der Waals surface area (Å²) in [5, 5.41) is 0.543. The summed E-state index contributed by atoms with van der Waals surface area (Å²) < 4.78 is 0. The molecule has 0 saturated heterocycles. The summed E-state index contributed by atoms with van der Waals surface area (Å²) in [5.74, 6) is 5.39. The third-order valence-corrected chi connectivity index (χ3v) is 6.46. The quantitative estimate of drug-likeness (QED) is 0.622. The second-order valence-corrected chi connectivity index (χ2v) is 8.54. The molecule has 100 valence electrons. The van der Waals surface area contributed by atoms with Gasteiger partial charge in [-0.3, -0.25) is 0 Å². The van der Waals surface area contributed by atoms with E-state index in [0.717, 1.165) is 29.6 Å². The van der Waals surface area contributed by atoms with Gasteiger partial charge in [-0.25, -0.2) is 0 Å². The minimum Gasteiger partial charge on any atom is -0.0839 e. The first-order valence-corrected chi connectivity index (χ1v) is 8.57. The van der Waals surface area contributed by atoms with E-state index in [4.69, 9.17) is 0 Å². The molecule has 0 aromatic heterocycles. The van der Waals surface area contributed by atoms with Crippen molar-refractivity contribution in [3.05, 3.63) is 0 Å². The summed E-state index contributed by atoms with van der Waals surface area (Å²) in [7, 11) is 5.06. The zero-order chi connectivity index (χ0) is 12.8. The van der Waals surface area contributed by atoms with Crippen LogP contribution in [0, 0.1) is 29.6 Å². The Kier molecular flexibility index (Phi) is 3.58. The van der Waals surface area contributed by atoms with E-state index in [9.17, 15) is 0 Å². The Morgan fingerprint density at radius 2 is 1.22 bits per heavy atom. The Bertz CT molecular complexity index is 272.